The number of carbonyl (C=O) groups is 1. The summed E-state index contributed by atoms with van der Waals surface area (Å²) in [7, 11) is 3.27. The van der Waals surface area contributed by atoms with Gasteiger partial charge in [0.1, 0.15) is 36.1 Å². The molecule has 0 amide bonds. The number of phenols is 1. The zero-order chi connectivity index (χ0) is 39.4. The van der Waals surface area contributed by atoms with Crippen LogP contribution in [0.3, 0.4) is 0 Å². The summed E-state index contributed by atoms with van der Waals surface area (Å²) in [5.41, 5.74) is 11.7. The minimum absolute atomic E-state index is 0.0323. The number of benzene rings is 4. The first-order chi connectivity index (χ1) is 27.2. The van der Waals surface area contributed by atoms with E-state index in [2.05, 4.69) is 53.5 Å². The third-order valence-corrected chi connectivity index (χ3v) is 10.8. The lowest BCUT2D eigenvalue weighted by molar-refractivity contribution is -0.121. The van der Waals surface area contributed by atoms with E-state index >= 15 is 0 Å². The van der Waals surface area contributed by atoms with E-state index in [-0.39, 0.29) is 42.0 Å². The molecule has 1 aliphatic carbocycles. The average molecular weight is 756 g/mol. The number of anilines is 1. The Morgan fingerprint density at radius 3 is 2.70 bits per heavy atom. The third-order valence-electron chi connectivity index (χ3n) is 10.8. The number of aryl methyl sites for hydroxylation is 3. The highest BCUT2D eigenvalue weighted by molar-refractivity contribution is 5.92. The Bertz CT molecular complexity index is 2180. The van der Waals surface area contributed by atoms with Crippen molar-refractivity contribution < 1.29 is 29.2 Å². The first kappa shape index (κ1) is 39.8. The molecule has 3 unspecified atom stereocenters. The second-order valence-corrected chi connectivity index (χ2v) is 14.7. The smallest absolute Gasteiger partial charge is 0.192 e. The molecule has 3 aliphatic rings. The number of methoxy groups -OCH3 is 1. The Kier molecular flexibility index (Phi) is 13.6. The van der Waals surface area contributed by atoms with Gasteiger partial charge in [0.25, 0.3) is 0 Å². The summed E-state index contributed by atoms with van der Waals surface area (Å²) in [6, 6.07) is 22.0. The van der Waals surface area contributed by atoms with E-state index < -0.39 is 6.10 Å². The van der Waals surface area contributed by atoms with Crippen LogP contribution in [-0.2, 0) is 41.8 Å². The van der Waals surface area contributed by atoms with Gasteiger partial charge in [0.05, 0.1) is 7.11 Å². The number of aliphatic imine (C=N–C) groups is 1. The van der Waals surface area contributed by atoms with Gasteiger partial charge in [-0.1, -0.05) is 55.7 Å². The number of aliphatic hydroxyl groups is 1. The number of allylic oxidation sites excluding steroid dienone is 3. The van der Waals surface area contributed by atoms with Crippen molar-refractivity contribution in [3.63, 3.8) is 0 Å². The summed E-state index contributed by atoms with van der Waals surface area (Å²) in [6.07, 6.45) is 14.6. The number of aliphatic hydroxyl groups excluding tert-OH is 1. The highest BCUT2D eigenvalue weighted by Crippen LogP contribution is 2.35. The highest BCUT2D eigenvalue weighted by Gasteiger charge is 2.27. The molecule has 0 fully saturated rings. The number of fused-ring (bicyclic) bond motifs is 9. The van der Waals surface area contributed by atoms with Crippen LogP contribution in [-0.4, -0.2) is 42.2 Å². The molecule has 0 radical (unpaired) electrons. The third kappa shape index (κ3) is 10.4. The van der Waals surface area contributed by atoms with Gasteiger partial charge in [-0.25, -0.2) is 0 Å². The Morgan fingerprint density at radius 1 is 1.02 bits per heavy atom. The van der Waals surface area contributed by atoms with E-state index in [1.165, 1.54) is 5.56 Å². The predicted octanol–water partition coefficient (Wildman–Crippen LogP) is 8.89. The number of nitrogens with one attached hydrogen (secondary N) is 1. The van der Waals surface area contributed by atoms with Crippen molar-refractivity contribution in [2.45, 2.75) is 83.8 Å². The van der Waals surface area contributed by atoms with Crippen LogP contribution < -0.4 is 20.5 Å². The number of hydrogen-bond acceptors (Lipinski definition) is 7. The van der Waals surface area contributed by atoms with Crippen LogP contribution in [0, 0.1) is 23.9 Å². The Labute approximate surface area is 330 Å². The molecular formula is C47H53N3O6. The lowest BCUT2D eigenvalue weighted by Crippen LogP contribution is -2.24. The second-order valence-electron chi connectivity index (χ2n) is 14.7. The summed E-state index contributed by atoms with van der Waals surface area (Å²) in [5.74, 6) is 5.38. The minimum atomic E-state index is -0.486. The van der Waals surface area contributed by atoms with Crippen molar-refractivity contribution in [3.05, 3.63) is 119 Å². The average Bonchev–Trinajstić information content (AvgIpc) is 3.20. The van der Waals surface area contributed by atoms with Gasteiger partial charge in [0.15, 0.2) is 17.5 Å². The summed E-state index contributed by atoms with van der Waals surface area (Å²) >= 11 is 0. The summed E-state index contributed by atoms with van der Waals surface area (Å²) in [5, 5.41) is 26.8. The molecule has 4 aromatic carbocycles. The van der Waals surface area contributed by atoms with Crippen LogP contribution in [0.25, 0.3) is 10.8 Å². The molecule has 7 rings (SSSR count). The number of Topliss-reactive ketones (excluding diaryl/α,β-unsaturated/α-hetero) is 1. The number of ketones is 1. The van der Waals surface area contributed by atoms with Gasteiger partial charge in [0.2, 0.25) is 0 Å². The van der Waals surface area contributed by atoms with E-state index in [1.807, 2.05) is 54.6 Å². The van der Waals surface area contributed by atoms with E-state index in [0.29, 0.717) is 43.3 Å². The van der Waals surface area contributed by atoms with E-state index in [1.54, 1.807) is 20.2 Å². The maximum Gasteiger partial charge on any atom is 0.192 e. The molecule has 2 heterocycles. The number of nitrogens with zero attached hydrogens (tertiary/aromatic N) is 1. The van der Waals surface area contributed by atoms with Crippen molar-refractivity contribution >= 4 is 28.2 Å². The lowest BCUT2D eigenvalue weighted by atomic mass is 9.80. The van der Waals surface area contributed by atoms with Crippen molar-refractivity contribution in [2.24, 2.45) is 22.6 Å². The van der Waals surface area contributed by atoms with Gasteiger partial charge in [-0.2, -0.15) is 0 Å². The maximum absolute atomic E-state index is 13.6. The van der Waals surface area contributed by atoms with Gasteiger partial charge in [-0.3, -0.25) is 9.79 Å². The molecule has 3 atom stereocenters. The molecule has 0 saturated heterocycles. The Balaban J connectivity index is 1.20. The largest absolute Gasteiger partial charge is 0.508 e. The van der Waals surface area contributed by atoms with Crippen molar-refractivity contribution in [2.75, 3.05) is 19.5 Å². The molecule has 2 aliphatic heterocycles. The second kappa shape index (κ2) is 19.1. The molecule has 0 spiro atoms. The van der Waals surface area contributed by atoms with E-state index in [0.717, 1.165) is 70.8 Å². The van der Waals surface area contributed by atoms with Gasteiger partial charge in [-0.05, 0) is 132 Å². The lowest BCUT2D eigenvalue weighted by Gasteiger charge is -2.28. The molecule has 56 heavy (non-hydrogen) atoms. The molecule has 4 aromatic rings. The van der Waals surface area contributed by atoms with Crippen LogP contribution in [0.2, 0.25) is 0 Å². The summed E-state index contributed by atoms with van der Waals surface area (Å²) < 4.78 is 18.1. The van der Waals surface area contributed by atoms with Gasteiger partial charge >= 0.3 is 0 Å². The van der Waals surface area contributed by atoms with Gasteiger partial charge in [0, 0.05) is 37.6 Å². The molecule has 292 valence electrons. The molecule has 0 aromatic heterocycles. The first-order valence-electron chi connectivity index (χ1n) is 19.6. The summed E-state index contributed by atoms with van der Waals surface area (Å²) in [4.78, 5) is 17.5. The van der Waals surface area contributed by atoms with Crippen LogP contribution in [0.1, 0.15) is 73.3 Å². The van der Waals surface area contributed by atoms with E-state index in [9.17, 15) is 15.0 Å². The number of unbranched alkanes of at least 4 members (excludes halogenated alkanes) is 1. The van der Waals surface area contributed by atoms with Crippen LogP contribution in [0.15, 0.2) is 95.7 Å². The molecule has 9 heteroatoms. The first-order valence-corrected chi connectivity index (χ1v) is 19.6. The number of phenolic OH excluding ortho intramolecular Hbond substituents is 1. The fourth-order valence-electron chi connectivity index (χ4n) is 7.71. The zero-order valence-corrected chi connectivity index (χ0v) is 32.6. The topological polar surface area (TPSA) is 136 Å². The Hall–Kier alpha value is -5.88. The van der Waals surface area contributed by atoms with Crippen molar-refractivity contribution in [1.82, 2.24) is 0 Å². The Morgan fingerprint density at radius 2 is 1.88 bits per heavy atom. The minimum Gasteiger partial charge on any atom is -0.508 e. The quantitative estimate of drug-likeness (QED) is 0.0546. The fourth-order valence-corrected chi connectivity index (χ4v) is 7.71. The number of carbonyl (C=O) groups excluding carboxylic acids is 1. The molecule has 9 nitrogen and oxygen atoms in total. The molecule has 6 bridgehead atoms. The van der Waals surface area contributed by atoms with Crippen LogP contribution in [0.5, 0.6) is 17.2 Å². The normalized spacial score (nSPS) is 18.8. The standard InChI is InChI=1S/C47H53N3O6/c1-4-34-28-44(53)42-13-8-22-55-40(27-36-26-38(51)19-17-35(36)11-6-5-9-31-10-7-12-37(23-31)50-47(48)49-2)29-39(52)18-14-32-16-21-45(54-3)46(25-32)56-30-33-15-20-41(42)43(34)24-33/h7,10,12,15-17,19-21,23-26,28,35-36,40,51,53H,4-6,9,11,13-14,18,27,29-30H2,1-3H3,(H3,48,49,50). The van der Waals surface area contributed by atoms with Crippen molar-refractivity contribution in [1.29, 1.82) is 0 Å². The molecule has 0 saturated carbocycles. The molecule has 5 N–H and O–H groups in total. The van der Waals surface area contributed by atoms with Gasteiger partial charge < -0.3 is 35.5 Å². The maximum atomic E-state index is 13.6. The monoisotopic (exact) mass is 755 g/mol. The number of nitrogens with two attached hydrogens (primary N) is 1. The van der Waals surface area contributed by atoms with Crippen molar-refractivity contribution in [3.8, 4) is 29.3 Å². The van der Waals surface area contributed by atoms with E-state index in [4.69, 9.17) is 19.9 Å². The molecular weight excluding hydrogens is 703 g/mol. The predicted molar refractivity (Wildman–Crippen MR) is 223 cm³/mol. The highest BCUT2D eigenvalue weighted by atomic mass is 16.5. The van der Waals surface area contributed by atoms with Crippen LogP contribution >= 0.6 is 0 Å². The SMILES string of the molecule is CCc1cc(O)c2c3ccc(cc13)COc1cc(ccc1OC)CCC(=O)CC(CC1C=C(O)C=CC1CCCCc1cccc(NC(N)=NC)c1)OC#CC2. The van der Waals surface area contributed by atoms with Gasteiger partial charge in [-0.15, -0.1) is 0 Å². The van der Waals surface area contributed by atoms with Crippen LogP contribution in [0.4, 0.5) is 5.69 Å². The number of hydrogen-bond donors (Lipinski definition) is 4. The fraction of sp³-hybridized carbons (Fsp3) is 0.362. The number of aromatic hydroxyl groups is 1. The number of ether oxygens (including phenoxy) is 3. The number of guanidine groups is 1. The number of rotatable bonds is 10. The summed E-state index contributed by atoms with van der Waals surface area (Å²) in [6.45, 7) is 2.41. The zero-order valence-electron chi connectivity index (χ0n) is 32.6.